The van der Waals surface area contributed by atoms with Gasteiger partial charge in [-0.05, 0) is 50.8 Å². The van der Waals surface area contributed by atoms with Crippen molar-refractivity contribution in [2.45, 2.75) is 39.5 Å². The maximum Gasteiger partial charge on any atom is -0.00773 e. The number of rotatable bonds is 5. The van der Waals surface area contributed by atoms with Crippen LogP contribution in [-0.4, -0.2) is 6.54 Å². The molecular weight excluding hydrogens is 170 g/mol. The lowest BCUT2D eigenvalue weighted by atomic mass is 10.0. The van der Waals surface area contributed by atoms with E-state index in [4.69, 9.17) is 5.73 Å². The van der Waals surface area contributed by atoms with Crippen molar-refractivity contribution in [1.29, 1.82) is 0 Å². The molecule has 0 radical (unpaired) electrons. The quantitative estimate of drug-likeness (QED) is 0.711. The summed E-state index contributed by atoms with van der Waals surface area (Å²) in [6, 6.07) is 6.72. The third kappa shape index (κ3) is 3.51. The zero-order valence-electron chi connectivity index (χ0n) is 9.34. The molecule has 1 rings (SSSR count). The van der Waals surface area contributed by atoms with Gasteiger partial charge in [-0.15, -0.1) is 0 Å². The van der Waals surface area contributed by atoms with E-state index in [0.29, 0.717) is 0 Å². The highest BCUT2D eigenvalue weighted by molar-refractivity contribution is 5.30. The van der Waals surface area contributed by atoms with E-state index >= 15 is 0 Å². The van der Waals surface area contributed by atoms with Crippen molar-refractivity contribution in [3.8, 4) is 0 Å². The average molecular weight is 191 g/mol. The Bertz CT molecular complexity index is 279. The molecule has 0 bridgehead atoms. The van der Waals surface area contributed by atoms with E-state index in [1.807, 2.05) is 0 Å². The molecule has 0 amide bonds. The van der Waals surface area contributed by atoms with E-state index in [2.05, 4.69) is 32.0 Å². The van der Waals surface area contributed by atoms with Gasteiger partial charge in [-0.1, -0.05) is 30.2 Å². The van der Waals surface area contributed by atoms with Crippen molar-refractivity contribution >= 4 is 0 Å². The largest absolute Gasteiger partial charge is 0.330 e. The Morgan fingerprint density at radius 2 is 1.86 bits per heavy atom. The van der Waals surface area contributed by atoms with Gasteiger partial charge in [0, 0.05) is 0 Å². The first-order chi connectivity index (χ1) is 6.74. The lowest BCUT2D eigenvalue weighted by Crippen LogP contribution is -1.98. The second-order valence-corrected chi connectivity index (χ2v) is 4.03. The third-order valence-corrected chi connectivity index (χ3v) is 2.65. The van der Waals surface area contributed by atoms with Crippen molar-refractivity contribution in [3.63, 3.8) is 0 Å². The summed E-state index contributed by atoms with van der Waals surface area (Å²) >= 11 is 0. The van der Waals surface area contributed by atoms with Crippen LogP contribution in [0.2, 0.25) is 0 Å². The number of nitrogens with two attached hydrogens (primary N) is 1. The van der Waals surface area contributed by atoms with Gasteiger partial charge in [0.2, 0.25) is 0 Å². The predicted octanol–water partition coefficient (Wildman–Crippen LogP) is 2.97. The van der Waals surface area contributed by atoms with E-state index in [0.717, 1.165) is 13.0 Å². The van der Waals surface area contributed by atoms with Crippen LogP contribution in [0.1, 0.15) is 36.0 Å². The first-order valence-electron chi connectivity index (χ1n) is 5.50. The molecule has 14 heavy (non-hydrogen) atoms. The Kier molecular flexibility index (Phi) is 4.68. The Labute approximate surface area is 87.3 Å². The van der Waals surface area contributed by atoms with Gasteiger partial charge in [0.15, 0.2) is 0 Å². The monoisotopic (exact) mass is 191 g/mol. The van der Waals surface area contributed by atoms with Crippen molar-refractivity contribution in [1.82, 2.24) is 0 Å². The maximum atomic E-state index is 5.46. The summed E-state index contributed by atoms with van der Waals surface area (Å²) in [6.45, 7) is 5.17. The summed E-state index contributed by atoms with van der Waals surface area (Å²) in [7, 11) is 0. The topological polar surface area (TPSA) is 26.0 Å². The fourth-order valence-corrected chi connectivity index (χ4v) is 1.76. The Balaban J connectivity index is 2.42. The summed E-state index contributed by atoms with van der Waals surface area (Å²) in [5, 5.41) is 0. The number of aryl methyl sites for hydroxylation is 3. The molecule has 0 aromatic heterocycles. The van der Waals surface area contributed by atoms with Gasteiger partial charge in [-0.3, -0.25) is 0 Å². The summed E-state index contributed by atoms with van der Waals surface area (Å²) in [5.74, 6) is 0. The molecule has 1 aromatic carbocycles. The summed E-state index contributed by atoms with van der Waals surface area (Å²) in [6.07, 6.45) is 4.88. The fourth-order valence-electron chi connectivity index (χ4n) is 1.76. The minimum atomic E-state index is 0.826. The molecule has 0 aliphatic carbocycles. The molecule has 0 saturated heterocycles. The SMILES string of the molecule is Cc1ccc(CCCCCN)c(C)c1. The zero-order chi connectivity index (χ0) is 10.4. The summed E-state index contributed by atoms with van der Waals surface area (Å²) in [4.78, 5) is 0. The second kappa shape index (κ2) is 5.82. The van der Waals surface area contributed by atoms with Gasteiger partial charge < -0.3 is 5.73 Å². The average Bonchev–Trinajstić information content (AvgIpc) is 2.15. The van der Waals surface area contributed by atoms with Gasteiger partial charge in [0.25, 0.3) is 0 Å². The van der Waals surface area contributed by atoms with Crippen LogP contribution >= 0.6 is 0 Å². The van der Waals surface area contributed by atoms with E-state index in [-0.39, 0.29) is 0 Å². The van der Waals surface area contributed by atoms with Crippen molar-refractivity contribution < 1.29 is 0 Å². The number of unbranched alkanes of at least 4 members (excludes halogenated alkanes) is 2. The predicted molar refractivity (Wildman–Crippen MR) is 62.5 cm³/mol. The molecule has 1 heteroatoms. The molecule has 0 heterocycles. The minimum Gasteiger partial charge on any atom is -0.330 e. The highest BCUT2D eigenvalue weighted by atomic mass is 14.5. The summed E-state index contributed by atoms with van der Waals surface area (Å²) in [5.41, 5.74) is 9.73. The van der Waals surface area contributed by atoms with Crippen LogP contribution in [0.15, 0.2) is 18.2 Å². The van der Waals surface area contributed by atoms with Crippen molar-refractivity contribution in [2.24, 2.45) is 5.73 Å². The van der Waals surface area contributed by atoms with Crippen LogP contribution in [0.5, 0.6) is 0 Å². The van der Waals surface area contributed by atoms with Crippen LogP contribution in [0.4, 0.5) is 0 Å². The third-order valence-electron chi connectivity index (χ3n) is 2.65. The van der Waals surface area contributed by atoms with Crippen LogP contribution in [0.3, 0.4) is 0 Å². The molecule has 78 valence electrons. The van der Waals surface area contributed by atoms with Crippen LogP contribution < -0.4 is 5.73 Å². The van der Waals surface area contributed by atoms with E-state index in [9.17, 15) is 0 Å². The van der Waals surface area contributed by atoms with Gasteiger partial charge in [-0.2, -0.15) is 0 Å². The van der Waals surface area contributed by atoms with Crippen LogP contribution in [0, 0.1) is 13.8 Å². The van der Waals surface area contributed by atoms with Gasteiger partial charge >= 0.3 is 0 Å². The van der Waals surface area contributed by atoms with Crippen LogP contribution in [-0.2, 0) is 6.42 Å². The molecule has 1 nitrogen and oxygen atoms in total. The standard InChI is InChI=1S/C13H21N/c1-11-7-8-13(12(2)10-11)6-4-3-5-9-14/h7-8,10H,3-6,9,14H2,1-2H3. The fraction of sp³-hybridized carbons (Fsp3) is 0.538. The number of hydrogen-bond donors (Lipinski definition) is 1. The highest BCUT2D eigenvalue weighted by Gasteiger charge is 1.97. The lowest BCUT2D eigenvalue weighted by molar-refractivity contribution is 0.685. The van der Waals surface area contributed by atoms with Crippen molar-refractivity contribution in [2.75, 3.05) is 6.54 Å². The normalized spacial score (nSPS) is 10.5. The van der Waals surface area contributed by atoms with E-state index < -0.39 is 0 Å². The minimum absolute atomic E-state index is 0.826. The first kappa shape index (κ1) is 11.3. The maximum absolute atomic E-state index is 5.46. The van der Waals surface area contributed by atoms with Gasteiger partial charge in [0.05, 0.1) is 0 Å². The second-order valence-electron chi connectivity index (χ2n) is 4.03. The Morgan fingerprint density at radius 1 is 1.07 bits per heavy atom. The molecule has 0 aliphatic heterocycles. The molecule has 0 saturated carbocycles. The zero-order valence-corrected chi connectivity index (χ0v) is 9.34. The molecule has 0 fully saturated rings. The number of benzene rings is 1. The lowest BCUT2D eigenvalue weighted by Gasteiger charge is -2.06. The first-order valence-corrected chi connectivity index (χ1v) is 5.50. The van der Waals surface area contributed by atoms with Gasteiger partial charge in [0.1, 0.15) is 0 Å². The van der Waals surface area contributed by atoms with Crippen molar-refractivity contribution in [3.05, 3.63) is 34.9 Å². The Hall–Kier alpha value is -0.820. The van der Waals surface area contributed by atoms with Crippen LogP contribution in [0.25, 0.3) is 0 Å². The highest BCUT2D eigenvalue weighted by Crippen LogP contribution is 2.13. The molecular formula is C13H21N. The van der Waals surface area contributed by atoms with E-state index in [1.54, 1.807) is 0 Å². The van der Waals surface area contributed by atoms with E-state index in [1.165, 1.54) is 36.0 Å². The molecule has 0 unspecified atom stereocenters. The molecule has 0 spiro atoms. The smallest absolute Gasteiger partial charge is 0.00773 e. The van der Waals surface area contributed by atoms with Gasteiger partial charge in [-0.25, -0.2) is 0 Å². The molecule has 0 atom stereocenters. The number of hydrogen-bond acceptors (Lipinski definition) is 1. The Morgan fingerprint density at radius 3 is 2.50 bits per heavy atom. The summed E-state index contributed by atoms with van der Waals surface area (Å²) < 4.78 is 0. The molecule has 1 aromatic rings. The molecule has 0 aliphatic rings. The molecule has 2 N–H and O–H groups in total.